The molecule has 1 N–H and O–H groups in total. The number of halogens is 1. The van der Waals surface area contributed by atoms with E-state index < -0.39 is 11.7 Å². The normalized spacial score (nSPS) is 10.3. The van der Waals surface area contributed by atoms with Crippen LogP contribution in [0.25, 0.3) is 5.69 Å². The number of hydrogen-bond acceptors (Lipinski definition) is 4. The molecule has 0 fully saturated rings. The zero-order valence-corrected chi connectivity index (χ0v) is 10.8. The van der Waals surface area contributed by atoms with Crippen molar-refractivity contribution in [3.63, 3.8) is 0 Å². The van der Waals surface area contributed by atoms with Crippen LogP contribution in [-0.4, -0.2) is 25.9 Å². The molecule has 0 radical (unpaired) electrons. The second kappa shape index (κ2) is 5.49. The molecule has 2 aromatic heterocycles. The molecule has 0 saturated heterocycles. The van der Waals surface area contributed by atoms with Crippen LogP contribution < -0.4 is 5.32 Å². The Balaban J connectivity index is 1.93. The number of hydrogen-bond donors (Lipinski definition) is 1. The molecule has 0 aliphatic heterocycles. The first-order valence-electron chi connectivity index (χ1n) is 6.12. The van der Waals surface area contributed by atoms with E-state index in [-0.39, 0.29) is 5.56 Å². The van der Waals surface area contributed by atoms with Crippen LogP contribution in [0.15, 0.2) is 55.1 Å². The minimum atomic E-state index is -0.673. The number of rotatable bonds is 3. The van der Waals surface area contributed by atoms with Gasteiger partial charge in [0.25, 0.3) is 5.91 Å². The van der Waals surface area contributed by atoms with E-state index in [2.05, 4.69) is 20.6 Å². The van der Waals surface area contributed by atoms with Crippen molar-refractivity contribution in [2.24, 2.45) is 0 Å². The largest absolute Gasteiger partial charge is 0.320 e. The maximum atomic E-state index is 13.6. The third-order valence-corrected chi connectivity index (χ3v) is 2.84. The maximum absolute atomic E-state index is 13.6. The van der Waals surface area contributed by atoms with Gasteiger partial charge in [0.2, 0.25) is 0 Å². The minimum absolute atomic E-state index is 0.0709. The molecule has 3 rings (SSSR count). The highest BCUT2D eigenvalue weighted by molar-refractivity contribution is 6.05. The van der Waals surface area contributed by atoms with Crippen molar-refractivity contribution in [2.75, 3.05) is 5.32 Å². The molecule has 2 heterocycles. The van der Waals surface area contributed by atoms with E-state index in [4.69, 9.17) is 0 Å². The van der Waals surface area contributed by atoms with E-state index in [1.54, 1.807) is 30.5 Å². The quantitative estimate of drug-likeness (QED) is 0.798. The van der Waals surface area contributed by atoms with Gasteiger partial charge in [-0.15, -0.1) is 5.10 Å². The topological polar surface area (TPSA) is 72.7 Å². The zero-order chi connectivity index (χ0) is 14.7. The molecule has 6 nitrogen and oxygen atoms in total. The fourth-order valence-corrected chi connectivity index (χ4v) is 1.86. The third kappa shape index (κ3) is 2.62. The van der Waals surface area contributed by atoms with Crippen LogP contribution >= 0.6 is 0 Å². The lowest BCUT2D eigenvalue weighted by atomic mass is 10.2. The number of aromatic nitrogens is 4. The van der Waals surface area contributed by atoms with Gasteiger partial charge >= 0.3 is 0 Å². The number of carbonyl (C=O) groups excluding carboxylic acids is 1. The highest BCUT2D eigenvalue weighted by atomic mass is 19.1. The second-order valence-electron chi connectivity index (χ2n) is 4.17. The monoisotopic (exact) mass is 283 g/mol. The molecular formula is C14H10FN5O. The van der Waals surface area contributed by atoms with E-state index in [0.717, 1.165) is 6.20 Å². The number of benzene rings is 1. The lowest BCUT2D eigenvalue weighted by Crippen LogP contribution is -2.15. The molecule has 0 bridgehead atoms. The van der Waals surface area contributed by atoms with Gasteiger partial charge in [0.05, 0.1) is 35.5 Å². The molecular weight excluding hydrogens is 273 g/mol. The summed E-state index contributed by atoms with van der Waals surface area (Å²) in [5.41, 5.74) is 1.07. The molecule has 0 spiro atoms. The predicted molar refractivity (Wildman–Crippen MR) is 73.5 cm³/mol. The average Bonchev–Trinajstić information content (AvgIpc) is 3.02. The van der Waals surface area contributed by atoms with Gasteiger partial charge in [-0.1, -0.05) is 17.3 Å². The first kappa shape index (κ1) is 12.9. The Bertz CT molecular complexity index is 773. The SMILES string of the molecule is O=C(Nc1ccccc1-n1ccnn1)c1ccncc1F. The van der Waals surface area contributed by atoms with Crippen molar-refractivity contribution in [1.29, 1.82) is 0 Å². The third-order valence-electron chi connectivity index (χ3n) is 2.84. The van der Waals surface area contributed by atoms with Gasteiger partial charge in [0, 0.05) is 6.20 Å². The highest BCUT2D eigenvalue weighted by Crippen LogP contribution is 2.19. The number of para-hydroxylation sites is 2. The van der Waals surface area contributed by atoms with Crippen LogP contribution in [0, 0.1) is 5.82 Å². The van der Waals surface area contributed by atoms with Gasteiger partial charge in [-0.25, -0.2) is 9.07 Å². The van der Waals surface area contributed by atoms with E-state index in [9.17, 15) is 9.18 Å². The van der Waals surface area contributed by atoms with Crippen molar-refractivity contribution in [3.05, 3.63) is 66.5 Å². The number of amides is 1. The summed E-state index contributed by atoms with van der Waals surface area (Å²) in [6.07, 6.45) is 5.54. The molecule has 1 amide bonds. The van der Waals surface area contributed by atoms with Crippen LogP contribution in [-0.2, 0) is 0 Å². The molecule has 0 aliphatic carbocycles. The Labute approximate surface area is 119 Å². The van der Waals surface area contributed by atoms with Gasteiger partial charge in [-0.2, -0.15) is 0 Å². The van der Waals surface area contributed by atoms with Gasteiger partial charge in [0.15, 0.2) is 5.82 Å². The Hall–Kier alpha value is -3.09. The Kier molecular flexibility index (Phi) is 3.38. The van der Waals surface area contributed by atoms with Crippen LogP contribution in [0.1, 0.15) is 10.4 Å². The number of nitrogens with zero attached hydrogens (tertiary/aromatic N) is 4. The summed E-state index contributed by atoms with van der Waals surface area (Å²) < 4.78 is 15.1. The molecule has 1 aromatic carbocycles. The molecule has 0 unspecified atom stereocenters. The summed E-state index contributed by atoms with van der Waals surface area (Å²) in [6.45, 7) is 0. The van der Waals surface area contributed by atoms with E-state index in [0.29, 0.717) is 11.4 Å². The first-order valence-corrected chi connectivity index (χ1v) is 6.12. The molecule has 104 valence electrons. The van der Waals surface area contributed by atoms with Crippen LogP contribution in [0.5, 0.6) is 0 Å². The smallest absolute Gasteiger partial charge is 0.258 e. The van der Waals surface area contributed by atoms with Crippen molar-refractivity contribution in [1.82, 2.24) is 20.0 Å². The van der Waals surface area contributed by atoms with Gasteiger partial charge in [-0.3, -0.25) is 9.78 Å². The number of anilines is 1. The Morgan fingerprint density at radius 1 is 1.19 bits per heavy atom. The summed E-state index contributed by atoms with van der Waals surface area (Å²) in [5, 5.41) is 10.3. The summed E-state index contributed by atoms with van der Waals surface area (Å²) in [4.78, 5) is 15.7. The molecule has 7 heteroatoms. The summed E-state index contributed by atoms with van der Waals surface area (Å²) in [7, 11) is 0. The molecule has 0 aliphatic rings. The highest BCUT2D eigenvalue weighted by Gasteiger charge is 2.13. The minimum Gasteiger partial charge on any atom is -0.320 e. The second-order valence-corrected chi connectivity index (χ2v) is 4.17. The summed E-state index contributed by atoms with van der Waals surface area (Å²) in [6, 6.07) is 8.36. The molecule has 0 saturated carbocycles. The van der Waals surface area contributed by atoms with Crippen molar-refractivity contribution in [2.45, 2.75) is 0 Å². The summed E-state index contributed by atoms with van der Waals surface area (Å²) in [5.74, 6) is -1.23. The van der Waals surface area contributed by atoms with Gasteiger partial charge in [0.1, 0.15) is 0 Å². The van der Waals surface area contributed by atoms with Gasteiger partial charge < -0.3 is 5.32 Å². The predicted octanol–water partition coefficient (Wildman–Crippen LogP) is 2.05. The van der Waals surface area contributed by atoms with Crippen molar-refractivity contribution in [3.8, 4) is 5.69 Å². The van der Waals surface area contributed by atoms with Crippen LogP contribution in [0.2, 0.25) is 0 Å². The van der Waals surface area contributed by atoms with E-state index in [1.165, 1.54) is 23.1 Å². The Morgan fingerprint density at radius 2 is 2.05 bits per heavy atom. The lowest BCUT2D eigenvalue weighted by Gasteiger charge is -2.10. The van der Waals surface area contributed by atoms with Crippen molar-refractivity contribution < 1.29 is 9.18 Å². The van der Waals surface area contributed by atoms with E-state index in [1.807, 2.05) is 0 Å². The fourth-order valence-electron chi connectivity index (χ4n) is 1.86. The van der Waals surface area contributed by atoms with Gasteiger partial charge in [-0.05, 0) is 18.2 Å². The zero-order valence-electron chi connectivity index (χ0n) is 10.8. The standard InChI is InChI=1S/C14H10FN5O/c15-11-9-16-6-5-10(11)14(21)18-12-3-1-2-4-13(12)20-8-7-17-19-20/h1-9H,(H,18,21). The summed E-state index contributed by atoms with van der Waals surface area (Å²) >= 11 is 0. The number of nitrogens with one attached hydrogen (secondary N) is 1. The van der Waals surface area contributed by atoms with Crippen molar-refractivity contribution >= 4 is 11.6 Å². The Morgan fingerprint density at radius 3 is 2.81 bits per heavy atom. The average molecular weight is 283 g/mol. The molecule has 21 heavy (non-hydrogen) atoms. The van der Waals surface area contributed by atoms with Crippen LogP contribution in [0.4, 0.5) is 10.1 Å². The van der Waals surface area contributed by atoms with Crippen LogP contribution in [0.3, 0.4) is 0 Å². The van der Waals surface area contributed by atoms with E-state index >= 15 is 0 Å². The number of carbonyl (C=O) groups is 1. The molecule has 0 atom stereocenters. The lowest BCUT2D eigenvalue weighted by molar-refractivity contribution is 0.102. The maximum Gasteiger partial charge on any atom is 0.258 e. The number of pyridine rings is 1. The molecule has 3 aromatic rings. The first-order chi connectivity index (χ1) is 10.3. The fraction of sp³-hybridized carbons (Fsp3) is 0.